The summed E-state index contributed by atoms with van der Waals surface area (Å²) in [4.78, 5) is 22.6. The number of aromatic amines is 1. The van der Waals surface area contributed by atoms with E-state index in [1.807, 2.05) is 49.9 Å². The summed E-state index contributed by atoms with van der Waals surface area (Å²) in [5, 5.41) is 0.684. The second-order valence-electron chi connectivity index (χ2n) is 12.2. The van der Waals surface area contributed by atoms with Gasteiger partial charge < -0.3 is 24.1 Å². The Morgan fingerprint density at radius 2 is 1.77 bits per heavy atom. The number of carbonyl (C=O) groups excluding carboxylic acids is 1. The molecule has 0 atom stereocenters. The second-order valence-corrected chi connectivity index (χ2v) is 12.6. The molecule has 3 aromatic rings. The van der Waals surface area contributed by atoms with Gasteiger partial charge in [-0.3, -0.25) is 0 Å². The Hall–Kier alpha value is -2.93. The number of rotatable bonds is 9. The number of carbonyl (C=O) groups is 1. The van der Waals surface area contributed by atoms with E-state index in [0.717, 1.165) is 86.4 Å². The highest BCUT2D eigenvalue weighted by Crippen LogP contribution is 2.34. The number of likely N-dealkylation sites (tertiary alicyclic amines) is 1. The molecule has 0 unspecified atom stereocenters. The largest absolute Gasteiger partial charge is 0.488 e. The smallest absolute Gasteiger partial charge is 0.410 e. The number of amides is 1. The van der Waals surface area contributed by atoms with Crippen LogP contribution in [-0.4, -0.2) is 45.8 Å². The Morgan fingerprint density at radius 3 is 2.48 bits per heavy atom. The first kappa shape index (κ1) is 28.6. The first-order valence-corrected chi connectivity index (χ1v) is 15.1. The molecule has 2 heterocycles. The Balaban J connectivity index is 1.21. The van der Waals surface area contributed by atoms with E-state index in [9.17, 15) is 4.79 Å². The molecule has 7 nitrogen and oxygen atoms in total. The summed E-state index contributed by atoms with van der Waals surface area (Å²) >= 11 is 5.99. The van der Waals surface area contributed by atoms with Gasteiger partial charge in [0.1, 0.15) is 29.3 Å². The quantitative estimate of drug-likeness (QED) is 0.283. The summed E-state index contributed by atoms with van der Waals surface area (Å²) in [6, 6.07) is 11.7. The van der Waals surface area contributed by atoms with E-state index in [2.05, 4.69) is 17.1 Å². The van der Waals surface area contributed by atoms with Crippen molar-refractivity contribution >= 4 is 28.7 Å². The van der Waals surface area contributed by atoms with Gasteiger partial charge in [0.15, 0.2) is 5.75 Å². The molecular formula is C32H42ClN3O4. The van der Waals surface area contributed by atoms with Crippen LogP contribution in [0.3, 0.4) is 0 Å². The Labute approximate surface area is 242 Å². The van der Waals surface area contributed by atoms with Crippen molar-refractivity contribution in [2.45, 2.75) is 96.9 Å². The molecule has 216 valence electrons. The Morgan fingerprint density at radius 1 is 1.05 bits per heavy atom. The number of H-pyrrole nitrogens is 1. The zero-order chi connectivity index (χ0) is 28.1. The van der Waals surface area contributed by atoms with Gasteiger partial charge in [-0.05, 0) is 120 Å². The van der Waals surface area contributed by atoms with Gasteiger partial charge in [0.25, 0.3) is 0 Å². The lowest BCUT2D eigenvalue weighted by Gasteiger charge is -2.33. The number of imidazole rings is 1. The summed E-state index contributed by atoms with van der Waals surface area (Å²) in [5.74, 6) is 3.08. The fourth-order valence-electron chi connectivity index (χ4n) is 5.71. The maximum atomic E-state index is 12.4. The third-order valence-corrected chi connectivity index (χ3v) is 8.09. The molecule has 2 aliphatic rings. The zero-order valence-electron chi connectivity index (χ0n) is 24.0. The highest BCUT2D eigenvalue weighted by molar-refractivity contribution is 6.30. The molecule has 1 saturated heterocycles. The molecule has 2 fully saturated rings. The van der Waals surface area contributed by atoms with Crippen LogP contribution in [0.4, 0.5) is 4.79 Å². The molecular weight excluding hydrogens is 526 g/mol. The predicted molar refractivity (Wildman–Crippen MR) is 158 cm³/mol. The van der Waals surface area contributed by atoms with Crippen LogP contribution in [0, 0.1) is 5.92 Å². The number of ether oxygens (including phenoxy) is 3. The summed E-state index contributed by atoms with van der Waals surface area (Å²) in [6.07, 6.45) is 9.94. The second kappa shape index (κ2) is 12.7. The van der Waals surface area contributed by atoms with Gasteiger partial charge in [0.05, 0.1) is 11.6 Å². The molecule has 0 bridgehead atoms. The molecule has 1 aromatic heterocycles. The minimum Gasteiger partial charge on any atom is -0.488 e. The maximum absolute atomic E-state index is 12.4. The van der Waals surface area contributed by atoms with Crippen LogP contribution in [0.1, 0.15) is 83.5 Å². The van der Waals surface area contributed by atoms with Crippen LogP contribution >= 0.6 is 11.6 Å². The summed E-state index contributed by atoms with van der Waals surface area (Å²) in [7, 11) is 0. The average Bonchev–Trinajstić information content (AvgIpc) is 3.59. The molecule has 5 rings (SSSR count). The van der Waals surface area contributed by atoms with Crippen molar-refractivity contribution in [2.75, 3.05) is 13.1 Å². The summed E-state index contributed by atoms with van der Waals surface area (Å²) in [5.41, 5.74) is 2.64. The van der Waals surface area contributed by atoms with Crippen molar-refractivity contribution in [3.05, 3.63) is 52.8 Å². The SMILES string of the molecule is CC(C)(C)OC(=O)N1CCC(CCCc2ccc3[nH]c(COc4ccc(Cl)cc4)nc3c2OC2CCCC2)CC1. The topological polar surface area (TPSA) is 76.7 Å². The lowest BCUT2D eigenvalue weighted by atomic mass is 9.90. The van der Waals surface area contributed by atoms with Gasteiger partial charge in [-0.15, -0.1) is 0 Å². The first-order chi connectivity index (χ1) is 19.2. The number of hydrogen-bond donors (Lipinski definition) is 1. The number of piperidine rings is 1. The predicted octanol–water partition coefficient (Wildman–Crippen LogP) is 8.09. The maximum Gasteiger partial charge on any atom is 0.410 e. The first-order valence-electron chi connectivity index (χ1n) is 14.8. The Bertz CT molecular complexity index is 1270. The van der Waals surface area contributed by atoms with Gasteiger partial charge >= 0.3 is 6.09 Å². The van der Waals surface area contributed by atoms with Crippen molar-refractivity contribution in [3.8, 4) is 11.5 Å². The molecule has 1 N–H and O–H groups in total. The number of nitrogens with one attached hydrogen (secondary N) is 1. The minimum atomic E-state index is -0.452. The van der Waals surface area contributed by atoms with Gasteiger partial charge in [-0.2, -0.15) is 0 Å². The normalized spacial score (nSPS) is 16.9. The number of halogens is 1. The van der Waals surface area contributed by atoms with E-state index >= 15 is 0 Å². The molecule has 2 aromatic carbocycles. The number of nitrogens with zero attached hydrogens (tertiary/aromatic N) is 2. The lowest BCUT2D eigenvalue weighted by Crippen LogP contribution is -2.41. The van der Waals surface area contributed by atoms with E-state index in [1.165, 1.54) is 18.4 Å². The summed E-state index contributed by atoms with van der Waals surface area (Å²) < 4.78 is 18.1. The third kappa shape index (κ3) is 7.62. The molecule has 1 aliphatic carbocycles. The molecule has 8 heteroatoms. The molecule has 1 saturated carbocycles. The van der Waals surface area contributed by atoms with Crippen molar-refractivity contribution < 1.29 is 19.0 Å². The van der Waals surface area contributed by atoms with Crippen molar-refractivity contribution in [2.24, 2.45) is 5.92 Å². The number of fused-ring (bicyclic) bond motifs is 1. The molecule has 0 radical (unpaired) electrons. The van der Waals surface area contributed by atoms with Crippen LogP contribution in [0.15, 0.2) is 36.4 Å². The molecule has 40 heavy (non-hydrogen) atoms. The van der Waals surface area contributed by atoms with E-state index in [-0.39, 0.29) is 12.2 Å². The number of hydrogen-bond acceptors (Lipinski definition) is 5. The van der Waals surface area contributed by atoms with Gasteiger partial charge in [-0.1, -0.05) is 17.7 Å². The van der Waals surface area contributed by atoms with Gasteiger partial charge in [0, 0.05) is 18.1 Å². The third-order valence-electron chi connectivity index (χ3n) is 7.84. The van der Waals surface area contributed by atoms with Crippen molar-refractivity contribution in [1.29, 1.82) is 0 Å². The number of benzene rings is 2. The standard InChI is InChI=1S/C32H42ClN3O4/c1-32(2,3)40-31(37)36-19-17-22(18-20-36)7-6-8-23-11-16-27-29(30(23)39-26-9-4-5-10-26)35-28(34-27)21-38-25-14-12-24(33)13-15-25/h11-16,22,26H,4-10,17-21H2,1-3H3,(H,34,35). The number of aryl methyl sites for hydroxylation is 1. The minimum absolute atomic E-state index is 0.190. The van der Waals surface area contributed by atoms with Crippen LogP contribution in [0.5, 0.6) is 11.5 Å². The van der Waals surface area contributed by atoms with Crippen LogP contribution in [0.25, 0.3) is 11.0 Å². The van der Waals surface area contributed by atoms with E-state index < -0.39 is 5.60 Å². The van der Waals surface area contributed by atoms with E-state index in [1.54, 1.807) is 0 Å². The van der Waals surface area contributed by atoms with Crippen molar-refractivity contribution in [3.63, 3.8) is 0 Å². The highest BCUT2D eigenvalue weighted by Gasteiger charge is 2.27. The summed E-state index contributed by atoms with van der Waals surface area (Å²) in [6.45, 7) is 7.64. The van der Waals surface area contributed by atoms with Crippen molar-refractivity contribution in [1.82, 2.24) is 14.9 Å². The van der Waals surface area contributed by atoms with Crippen LogP contribution < -0.4 is 9.47 Å². The van der Waals surface area contributed by atoms with Crippen LogP contribution in [0.2, 0.25) is 5.02 Å². The molecule has 1 aliphatic heterocycles. The van der Waals surface area contributed by atoms with E-state index in [0.29, 0.717) is 17.5 Å². The van der Waals surface area contributed by atoms with Crippen LogP contribution in [-0.2, 0) is 17.8 Å². The molecule has 0 spiro atoms. The lowest BCUT2D eigenvalue weighted by molar-refractivity contribution is 0.0180. The average molecular weight is 568 g/mol. The number of aromatic nitrogens is 2. The monoisotopic (exact) mass is 567 g/mol. The molecule has 1 amide bonds. The fourth-order valence-corrected chi connectivity index (χ4v) is 5.83. The fraction of sp³-hybridized carbons (Fsp3) is 0.562. The van der Waals surface area contributed by atoms with E-state index in [4.69, 9.17) is 30.8 Å². The van der Waals surface area contributed by atoms with Gasteiger partial charge in [-0.25, -0.2) is 9.78 Å². The highest BCUT2D eigenvalue weighted by atomic mass is 35.5. The zero-order valence-corrected chi connectivity index (χ0v) is 24.8. The van der Waals surface area contributed by atoms with Gasteiger partial charge in [0.2, 0.25) is 0 Å². The Kier molecular flexibility index (Phi) is 9.09.